The van der Waals surface area contributed by atoms with Gasteiger partial charge in [-0.2, -0.15) is 0 Å². The molecule has 3 aromatic carbocycles. The lowest BCUT2D eigenvalue weighted by atomic mass is 10.1. The number of nitrogens with two attached hydrogens (primary N) is 1. The summed E-state index contributed by atoms with van der Waals surface area (Å²) in [6.07, 6.45) is 10.9. The van der Waals surface area contributed by atoms with E-state index in [0.717, 1.165) is 36.3 Å². The Balaban J connectivity index is 0.00000583. The van der Waals surface area contributed by atoms with E-state index in [9.17, 15) is 23.2 Å². The summed E-state index contributed by atoms with van der Waals surface area (Å²) in [6, 6.07) is 12.4. The molecule has 0 radical (unpaired) electrons. The number of halogens is 3. The first-order valence-corrected chi connectivity index (χ1v) is 17.4. The Bertz CT molecular complexity index is 1890. The number of unbranched alkanes of at least 4 members (excludes halogenated alkanes) is 4. The van der Waals surface area contributed by atoms with Crippen LogP contribution in [0.4, 0.5) is 14.5 Å². The van der Waals surface area contributed by atoms with Gasteiger partial charge in [-0.05, 0) is 81.8 Å². The molecule has 5 rings (SSSR count). The molecule has 51 heavy (non-hydrogen) atoms. The van der Waals surface area contributed by atoms with Crippen LogP contribution in [0, 0.1) is 11.6 Å². The zero-order chi connectivity index (χ0) is 35.8. The number of rotatable bonds is 15. The minimum atomic E-state index is -0.853. The molecule has 1 aromatic heterocycles. The maximum atomic E-state index is 14.1. The van der Waals surface area contributed by atoms with Crippen molar-refractivity contribution in [2.75, 3.05) is 51.8 Å². The predicted octanol–water partition coefficient (Wildman–Crippen LogP) is 4.01. The van der Waals surface area contributed by atoms with Crippen molar-refractivity contribution in [3.8, 4) is 17.2 Å². The highest BCUT2D eigenvalue weighted by atomic mass is 79.9. The number of pyridine rings is 1. The molecule has 4 aromatic rings. The number of benzene rings is 3. The Labute approximate surface area is 308 Å². The molecule has 2 heterocycles. The van der Waals surface area contributed by atoms with Crippen LogP contribution in [-0.2, 0) is 0 Å². The Kier molecular flexibility index (Phi) is 13.8. The number of fused-ring (bicyclic) bond motifs is 1. The van der Waals surface area contributed by atoms with Crippen LogP contribution in [0.3, 0.4) is 0 Å². The van der Waals surface area contributed by atoms with Gasteiger partial charge in [-0.1, -0.05) is 12.8 Å². The highest BCUT2D eigenvalue weighted by Gasteiger charge is 2.25. The van der Waals surface area contributed by atoms with Crippen LogP contribution in [0.25, 0.3) is 16.6 Å². The van der Waals surface area contributed by atoms with Crippen LogP contribution < -0.4 is 42.5 Å². The van der Waals surface area contributed by atoms with E-state index in [0.29, 0.717) is 35.4 Å². The number of carbonyl (C=O) groups is 2. The van der Waals surface area contributed by atoms with Crippen molar-refractivity contribution in [1.82, 2.24) is 4.57 Å². The molecule has 0 spiro atoms. The molecule has 274 valence electrons. The van der Waals surface area contributed by atoms with Gasteiger partial charge in [-0.3, -0.25) is 14.4 Å². The van der Waals surface area contributed by atoms with Gasteiger partial charge in [-0.15, -0.1) is 0 Å². The maximum Gasteiger partial charge on any atom is 0.263 e. The molecule has 9 nitrogen and oxygen atoms in total. The number of hydrogen-bond donors (Lipinski definition) is 1. The second-order valence-corrected chi connectivity index (χ2v) is 13.3. The monoisotopic (exact) mass is 768 g/mol. The minimum absolute atomic E-state index is 0. The van der Waals surface area contributed by atoms with Gasteiger partial charge in [0.25, 0.3) is 5.91 Å². The second-order valence-electron chi connectivity index (χ2n) is 13.3. The van der Waals surface area contributed by atoms with Crippen molar-refractivity contribution in [3.63, 3.8) is 0 Å². The minimum Gasteiger partial charge on any atom is -1.00 e. The van der Waals surface area contributed by atoms with Crippen LogP contribution in [0.1, 0.15) is 79.0 Å². The standard InChI is InChI=1S/C39H46F2N4O5.BrH/c1-4-43(31-22-28(40)21-29(41)23-31)39(48)35-26-44(30-19-27(38(42)47)20-33(24-30)49-3)36-25-32(13-14-34(36)37(35)46)50-18-12-7-5-6-9-15-45(2)16-10-8-11-17-45;/h13-14,19-26H,4-12,15-18H2,1-3H3,(H-,42,47);1H. The first kappa shape index (κ1) is 39.5. The van der Waals surface area contributed by atoms with Crippen molar-refractivity contribution in [2.24, 2.45) is 5.73 Å². The highest BCUT2D eigenvalue weighted by molar-refractivity contribution is 6.07. The molecule has 2 amide bonds. The molecule has 0 saturated carbocycles. The lowest BCUT2D eigenvalue weighted by Gasteiger charge is -2.37. The van der Waals surface area contributed by atoms with Gasteiger partial charge in [0.15, 0.2) is 0 Å². The average molecular weight is 770 g/mol. The molecule has 0 bridgehead atoms. The third-order valence-electron chi connectivity index (χ3n) is 9.62. The smallest absolute Gasteiger partial charge is 0.263 e. The van der Waals surface area contributed by atoms with Crippen molar-refractivity contribution >= 4 is 28.4 Å². The molecule has 1 aliphatic heterocycles. The van der Waals surface area contributed by atoms with Crippen molar-refractivity contribution in [3.05, 3.63) is 93.8 Å². The Morgan fingerprint density at radius 2 is 1.59 bits per heavy atom. The van der Waals surface area contributed by atoms with Crippen molar-refractivity contribution in [1.29, 1.82) is 0 Å². The van der Waals surface area contributed by atoms with Crippen LogP contribution >= 0.6 is 0 Å². The molecule has 2 N–H and O–H groups in total. The fourth-order valence-electron chi connectivity index (χ4n) is 6.84. The SMILES string of the molecule is CCN(C(=O)c1cn(-c2cc(OC)cc(C(N)=O)c2)c2cc(OCCCCCCC[N+]3(C)CCCCC3)ccc2c1=O)c1cc(F)cc(F)c1.[Br-]. The molecule has 1 aliphatic rings. The number of quaternary nitrogens is 1. The molecular weight excluding hydrogens is 722 g/mol. The molecule has 0 unspecified atom stereocenters. The van der Waals surface area contributed by atoms with Gasteiger partial charge in [0.05, 0.1) is 51.6 Å². The van der Waals surface area contributed by atoms with Crippen LogP contribution in [0.5, 0.6) is 11.5 Å². The molecule has 12 heteroatoms. The second kappa shape index (κ2) is 17.8. The molecule has 0 atom stereocenters. The van der Waals surface area contributed by atoms with Crippen molar-refractivity contribution < 1.29 is 49.3 Å². The summed E-state index contributed by atoms with van der Waals surface area (Å²) < 4.78 is 42.6. The zero-order valence-electron chi connectivity index (χ0n) is 29.6. The summed E-state index contributed by atoms with van der Waals surface area (Å²) in [5, 5.41) is 0.207. The van der Waals surface area contributed by atoms with E-state index in [1.807, 2.05) is 0 Å². The molecular formula is C39H47BrF2N4O5. The number of methoxy groups -OCH3 is 1. The van der Waals surface area contributed by atoms with Crippen LogP contribution in [-0.4, -0.2) is 67.8 Å². The van der Waals surface area contributed by atoms with Crippen molar-refractivity contribution in [2.45, 2.75) is 58.3 Å². The summed E-state index contributed by atoms with van der Waals surface area (Å²) in [7, 11) is 3.83. The number of ether oxygens (including phenoxy) is 2. The first-order chi connectivity index (χ1) is 24.0. The number of anilines is 1. The first-order valence-electron chi connectivity index (χ1n) is 17.4. The molecule has 0 aliphatic carbocycles. The van der Waals surface area contributed by atoms with Crippen LogP contribution in [0.15, 0.2) is 65.6 Å². The van der Waals surface area contributed by atoms with E-state index in [1.54, 1.807) is 35.8 Å². The van der Waals surface area contributed by atoms with Gasteiger partial charge in [0.2, 0.25) is 11.3 Å². The number of likely N-dealkylation sites (tertiary alicyclic amines) is 1. The van der Waals surface area contributed by atoms with Gasteiger partial charge in [0.1, 0.15) is 28.7 Å². The average Bonchev–Trinajstić information content (AvgIpc) is 3.09. The van der Waals surface area contributed by atoms with Gasteiger partial charge in [0, 0.05) is 47.6 Å². The zero-order valence-corrected chi connectivity index (χ0v) is 31.1. The summed E-state index contributed by atoms with van der Waals surface area (Å²) in [6.45, 7) is 6.01. The van der Waals surface area contributed by atoms with E-state index in [4.69, 9.17) is 15.2 Å². The maximum absolute atomic E-state index is 14.1. The summed E-state index contributed by atoms with van der Waals surface area (Å²) in [4.78, 5) is 41.2. The number of hydrogen-bond acceptors (Lipinski definition) is 5. The fourth-order valence-corrected chi connectivity index (χ4v) is 6.84. The third kappa shape index (κ3) is 9.74. The third-order valence-corrected chi connectivity index (χ3v) is 9.62. The molecule has 1 saturated heterocycles. The van der Waals surface area contributed by atoms with Gasteiger partial charge >= 0.3 is 0 Å². The lowest BCUT2D eigenvalue weighted by molar-refractivity contribution is -0.914. The number of nitrogens with zero attached hydrogens (tertiary/aromatic N) is 3. The Morgan fingerprint density at radius 1 is 0.902 bits per heavy atom. The van der Waals surface area contributed by atoms with E-state index < -0.39 is 28.9 Å². The van der Waals surface area contributed by atoms with E-state index in [-0.39, 0.29) is 45.7 Å². The lowest BCUT2D eigenvalue weighted by Crippen LogP contribution is -3.00. The van der Waals surface area contributed by atoms with E-state index >= 15 is 0 Å². The summed E-state index contributed by atoms with van der Waals surface area (Å²) >= 11 is 0. The van der Waals surface area contributed by atoms with Gasteiger partial charge in [-0.25, -0.2) is 8.78 Å². The fraction of sp³-hybridized carbons (Fsp3) is 0.410. The van der Waals surface area contributed by atoms with E-state index in [2.05, 4.69) is 7.05 Å². The number of primary amides is 1. The summed E-state index contributed by atoms with van der Waals surface area (Å²) in [5.74, 6) is -2.27. The number of amides is 2. The predicted molar refractivity (Wildman–Crippen MR) is 192 cm³/mol. The Morgan fingerprint density at radius 3 is 2.25 bits per heavy atom. The Hall–Kier alpha value is -4.29. The number of aromatic nitrogens is 1. The summed E-state index contributed by atoms with van der Waals surface area (Å²) in [5.41, 5.74) is 5.76. The topological polar surface area (TPSA) is 104 Å². The highest BCUT2D eigenvalue weighted by Crippen LogP contribution is 2.28. The van der Waals surface area contributed by atoms with Gasteiger partial charge < -0.3 is 46.1 Å². The van der Waals surface area contributed by atoms with E-state index in [1.165, 1.54) is 81.7 Å². The largest absolute Gasteiger partial charge is 1.00 e. The number of piperidine rings is 1. The normalized spacial score (nSPS) is 13.7. The number of carbonyl (C=O) groups excluding carboxylic acids is 2. The van der Waals surface area contributed by atoms with Crippen LogP contribution in [0.2, 0.25) is 0 Å². The quantitative estimate of drug-likeness (QED) is 0.146. The molecule has 1 fully saturated rings.